The number of rotatable bonds is 9. The maximum atomic E-state index is 11.9. The molecule has 0 saturated heterocycles. The summed E-state index contributed by atoms with van der Waals surface area (Å²) < 4.78 is 28.0. The molecule has 0 spiro atoms. The van der Waals surface area contributed by atoms with E-state index >= 15 is 0 Å². The van der Waals surface area contributed by atoms with Gasteiger partial charge in [0, 0.05) is 31.4 Å². The molecule has 7 heteroatoms. The molecule has 0 bridgehead atoms. The van der Waals surface area contributed by atoms with Crippen molar-refractivity contribution in [3.63, 3.8) is 0 Å². The summed E-state index contributed by atoms with van der Waals surface area (Å²) in [7, 11) is -1.38. The van der Waals surface area contributed by atoms with Crippen molar-refractivity contribution < 1.29 is 8.42 Å². The molecule has 0 unspecified atom stereocenters. The first-order valence-electron chi connectivity index (χ1n) is 7.00. The summed E-state index contributed by atoms with van der Waals surface area (Å²) >= 11 is 0. The molecule has 0 amide bonds. The van der Waals surface area contributed by atoms with Crippen LogP contribution in [-0.4, -0.2) is 36.5 Å². The molecule has 1 heterocycles. The Labute approximate surface area is 122 Å². The third kappa shape index (κ3) is 6.49. The van der Waals surface area contributed by atoms with Gasteiger partial charge in [-0.2, -0.15) is 5.10 Å². The van der Waals surface area contributed by atoms with Crippen molar-refractivity contribution in [2.45, 2.75) is 46.2 Å². The lowest BCUT2D eigenvalue weighted by Gasteiger charge is -2.08. The van der Waals surface area contributed by atoms with E-state index in [4.69, 9.17) is 0 Å². The maximum absolute atomic E-state index is 11.9. The van der Waals surface area contributed by atoms with Crippen LogP contribution in [0.5, 0.6) is 0 Å². The van der Waals surface area contributed by atoms with E-state index in [1.165, 1.54) is 0 Å². The van der Waals surface area contributed by atoms with Gasteiger partial charge in [0.05, 0.1) is 11.4 Å². The lowest BCUT2D eigenvalue weighted by molar-refractivity contribution is 0.555. The second-order valence-corrected chi connectivity index (χ2v) is 7.30. The minimum atomic E-state index is -3.20. The van der Waals surface area contributed by atoms with Crippen LogP contribution >= 0.6 is 0 Å². The first-order valence-corrected chi connectivity index (χ1v) is 8.65. The van der Waals surface area contributed by atoms with Crippen LogP contribution in [0, 0.1) is 6.92 Å². The molecule has 1 aromatic heterocycles. The number of hydrogen-bond acceptors (Lipinski definition) is 4. The number of nitrogens with one attached hydrogen (secondary N) is 2. The summed E-state index contributed by atoms with van der Waals surface area (Å²) in [5.41, 5.74) is 1.77. The van der Waals surface area contributed by atoms with Crippen LogP contribution in [0.1, 0.15) is 37.9 Å². The Bertz CT molecular complexity index is 508. The van der Waals surface area contributed by atoms with Gasteiger partial charge >= 0.3 is 0 Å². The van der Waals surface area contributed by atoms with E-state index in [0.717, 1.165) is 24.2 Å². The second kappa shape index (κ2) is 7.75. The quantitative estimate of drug-likeness (QED) is 0.665. The van der Waals surface area contributed by atoms with Crippen molar-refractivity contribution in [2.24, 2.45) is 7.05 Å². The lowest BCUT2D eigenvalue weighted by atomic mass is 10.3. The molecule has 6 nitrogen and oxygen atoms in total. The number of hydrogen-bond donors (Lipinski definition) is 2. The molecule has 20 heavy (non-hydrogen) atoms. The summed E-state index contributed by atoms with van der Waals surface area (Å²) in [5.74, 6) is 0.173. The number of unbranched alkanes of at least 4 members (excludes halogenated alkanes) is 1. The molecule has 0 atom stereocenters. The number of nitrogens with zero attached hydrogens (tertiary/aromatic N) is 2. The van der Waals surface area contributed by atoms with E-state index in [9.17, 15) is 8.42 Å². The van der Waals surface area contributed by atoms with Gasteiger partial charge in [0.15, 0.2) is 0 Å². The monoisotopic (exact) mass is 302 g/mol. The van der Waals surface area contributed by atoms with E-state index in [2.05, 4.69) is 29.0 Å². The van der Waals surface area contributed by atoms with Gasteiger partial charge in [0.1, 0.15) is 0 Å². The topological polar surface area (TPSA) is 76.0 Å². The van der Waals surface area contributed by atoms with Crippen molar-refractivity contribution in [2.75, 3.05) is 12.3 Å². The molecule has 0 saturated carbocycles. The van der Waals surface area contributed by atoms with Crippen LogP contribution in [0.3, 0.4) is 0 Å². The Kier molecular flexibility index (Phi) is 6.64. The van der Waals surface area contributed by atoms with Crippen molar-refractivity contribution in [3.8, 4) is 0 Å². The first kappa shape index (κ1) is 17.1. The zero-order valence-corrected chi connectivity index (χ0v) is 13.6. The van der Waals surface area contributed by atoms with Gasteiger partial charge in [-0.05, 0) is 26.3 Å². The van der Waals surface area contributed by atoms with E-state index in [-0.39, 0.29) is 5.75 Å². The molecular formula is C13H26N4O2S. The summed E-state index contributed by atoms with van der Waals surface area (Å²) in [6.45, 7) is 7.20. The Balaban J connectivity index is 2.29. The number of sulfonamides is 1. The number of aryl methyl sites for hydroxylation is 2. The highest BCUT2D eigenvalue weighted by atomic mass is 32.2. The van der Waals surface area contributed by atoms with Gasteiger partial charge in [-0.25, -0.2) is 13.1 Å². The Morgan fingerprint density at radius 1 is 1.35 bits per heavy atom. The third-order valence-corrected chi connectivity index (χ3v) is 4.40. The molecule has 0 radical (unpaired) electrons. The summed E-state index contributed by atoms with van der Waals surface area (Å²) in [5, 5.41) is 7.46. The van der Waals surface area contributed by atoms with Crippen LogP contribution in [-0.2, 0) is 23.6 Å². The largest absolute Gasteiger partial charge is 0.315 e. The Morgan fingerprint density at radius 2 is 2.05 bits per heavy atom. The highest BCUT2D eigenvalue weighted by Gasteiger charge is 2.11. The van der Waals surface area contributed by atoms with E-state index in [1.807, 2.05) is 20.2 Å². The van der Waals surface area contributed by atoms with Gasteiger partial charge in [-0.1, -0.05) is 13.8 Å². The van der Waals surface area contributed by atoms with E-state index in [1.54, 1.807) is 4.68 Å². The standard InChI is InChI=1S/C13H26N4O2S/c1-11(2)14-7-5-6-8-20(18,19)15-9-13-10-17(4)16-12(13)3/h10-11,14-15H,5-9H2,1-4H3. The normalized spacial score (nSPS) is 12.2. The highest BCUT2D eigenvalue weighted by molar-refractivity contribution is 7.89. The summed E-state index contributed by atoms with van der Waals surface area (Å²) in [6, 6.07) is 0.443. The Morgan fingerprint density at radius 3 is 2.60 bits per heavy atom. The van der Waals surface area contributed by atoms with Crippen molar-refractivity contribution in [1.82, 2.24) is 19.8 Å². The minimum Gasteiger partial charge on any atom is -0.315 e. The molecular weight excluding hydrogens is 276 g/mol. The van der Waals surface area contributed by atoms with Crippen molar-refractivity contribution in [3.05, 3.63) is 17.5 Å². The fourth-order valence-corrected chi connectivity index (χ4v) is 2.99. The summed E-state index contributed by atoms with van der Waals surface area (Å²) in [4.78, 5) is 0. The van der Waals surface area contributed by atoms with Crippen molar-refractivity contribution >= 4 is 10.0 Å². The third-order valence-electron chi connectivity index (χ3n) is 2.99. The maximum Gasteiger partial charge on any atom is 0.211 e. The SMILES string of the molecule is Cc1nn(C)cc1CNS(=O)(=O)CCCCNC(C)C. The summed E-state index contributed by atoms with van der Waals surface area (Å²) in [6.07, 6.45) is 3.37. The zero-order chi connectivity index (χ0) is 15.2. The van der Waals surface area contributed by atoms with E-state index in [0.29, 0.717) is 19.0 Å². The van der Waals surface area contributed by atoms with E-state index < -0.39 is 10.0 Å². The highest BCUT2D eigenvalue weighted by Crippen LogP contribution is 2.05. The second-order valence-electron chi connectivity index (χ2n) is 5.37. The van der Waals surface area contributed by atoms with Crippen LogP contribution in [0.15, 0.2) is 6.20 Å². The van der Waals surface area contributed by atoms with Gasteiger partial charge in [0.25, 0.3) is 0 Å². The van der Waals surface area contributed by atoms with Gasteiger partial charge in [-0.3, -0.25) is 4.68 Å². The molecule has 0 fully saturated rings. The zero-order valence-electron chi connectivity index (χ0n) is 12.8. The fourth-order valence-electron chi connectivity index (χ4n) is 1.89. The molecule has 0 aliphatic heterocycles. The molecule has 2 N–H and O–H groups in total. The number of aromatic nitrogens is 2. The van der Waals surface area contributed by atoms with Crippen LogP contribution < -0.4 is 10.0 Å². The Hall–Kier alpha value is -0.920. The predicted octanol–water partition coefficient (Wildman–Crippen LogP) is 0.926. The average Bonchev–Trinajstić information content (AvgIpc) is 2.64. The van der Waals surface area contributed by atoms with Crippen LogP contribution in [0.25, 0.3) is 0 Å². The van der Waals surface area contributed by atoms with Gasteiger partial charge in [0.2, 0.25) is 10.0 Å². The van der Waals surface area contributed by atoms with Gasteiger partial charge in [-0.15, -0.1) is 0 Å². The van der Waals surface area contributed by atoms with Crippen LogP contribution in [0.4, 0.5) is 0 Å². The molecule has 0 aliphatic rings. The molecule has 0 aliphatic carbocycles. The minimum absolute atomic E-state index is 0.173. The van der Waals surface area contributed by atoms with Crippen LogP contribution in [0.2, 0.25) is 0 Å². The average molecular weight is 302 g/mol. The smallest absolute Gasteiger partial charge is 0.211 e. The molecule has 0 aromatic carbocycles. The van der Waals surface area contributed by atoms with Gasteiger partial charge < -0.3 is 5.32 Å². The predicted molar refractivity (Wildman–Crippen MR) is 80.9 cm³/mol. The van der Waals surface area contributed by atoms with Crippen molar-refractivity contribution in [1.29, 1.82) is 0 Å². The first-order chi connectivity index (χ1) is 9.30. The molecule has 1 aromatic rings. The lowest BCUT2D eigenvalue weighted by Crippen LogP contribution is -2.27. The fraction of sp³-hybridized carbons (Fsp3) is 0.769. The molecule has 116 valence electrons. The molecule has 1 rings (SSSR count).